The van der Waals surface area contributed by atoms with Gasteiger partial charge in [0.2, 0.25) is 11.0 Å². The van der Waals surface area contributed by atoms with Crippen LogP contribution in [0.3, 0.4) is 0 Å². The van der Waals surface area contributed by atoms with E-state index in [4.69, 9.17) is 0 Å². The molecule has 26 heavy (non-hydrogen) atoms. The van der Waals surface area contributed by atoms with Crippen molar-refractivity contribution in [2.75, 3.05) is 18.4 Å². The molecule has 0 bridgehead atoms. The number of piperidine rings is 1. The van der Waals surface area contributed by atoms with Crippen LogP contribution in [0.2, 0.25) is 0 Å². The minimum absolute atomic E-state index is 0. The van der Waals surface area contributed by atoms with E-state index in [9.17, 15) is 4.79 Å². The Bertz CT molecular complexity index is 723. The first-order valence-corrected chi connectivity index (χ1v) is 9.75. The van der Waals surface area contributed by atoms with Gasteiger partial charge in [0.25, 0.3) is 0 Å². The van der Waals surface area contributed by atoms with Crippen molar-refractivity contribution in [1.29, 1.82) is 0 Å². The SMILES string of the molecule is Cc1cc(C)cc(-c2nnc(NC(=O)CC(C)C3CCCNC3)s2)c1.Cl. The highest BCUT2D eigenvalue weighted by Gasteiger charge is 2.22. The fourth-order valence-electron chi connectivity index (χ4n) is 3.48. The summed E-state index contributed by atoms with van der Waals surface area (Å²) in [6, 6.07) is 6.32. The quantitative estimate of drug-likeness (QED) is 0.797. The molecule has 2 atom stereocenters. The summed E-state index contributed by atoms with van der Waals surface area (Å²) in [7, 11) is 0. The van der Waals surface area contributed by atoms with Gasteiger partial charge in [0.15, 0.2) is 0 Å². The van der Waals surface area contributed by atoms with Crippen LogP contribution in [0.4, 0.5) is 5.13 Å². The number of aromatic nitrogens is 2. The molecule has 0 radical (unpaired) electrons. The summed E-state index contributed by atoms with van der Waals surface area (Å²) in [6.45, 7) is 8.42. The molecule has 1 aromatic heterocycles. The molecule has 0 aliphatic carbocycles. The number of nitrogens with zero attached hydrogens (tertiary/aromatic N) is 2. The number of anilines is 1. The van der Waals surface area contributed by atoms with Gasteiger partial charge < -0.3 is 10.6 Å². The van der Waals surface area contributed by atoms with E-state index in [1.165, 1.54) is 35.3 Å². The van der Waals surface area contributed by atoms with Gasteiger partial charge in [0, 0.05) is 12.0 Å². The number of carbonyl (C=O) groups is 1. The smallest absolute Gasteiger partial charge is 0.226 e. The van der Waals surface area contributed by atoms with Crippen LogP contribution in [0, 0.1) is 25.7 Å². The van der Waals surface area contributed by atoms with Gasteiger partial charge >= 0.3 is 0 Å². The fraction of sp³-hybridized carbons (Fsp3) is 0.526. The van der Waals surface area contributed by atoms with E-state index < -0.39 is 0 Å². The highest BCUT2D eigenvalue weighted by molar-refractivity contribution is 7.18. The van der Waals surface area contributed by atoms with Crippen molar-refractivity contribution in [3.05, 3.63) is 29.3 Å². The number of benzene rings is 1. The van der Waals surface area contributed by atoms with Crippen molar-refractivity contribution in [3.63, 3.8) is 0 Å². The molecule has 5 nitrogen and oxygen atoms in total. The van der Waals surface area contributed by atoms with Gasteiger partial charge in [-0.05, 0) is 63.7 Å². The van der Waals surface area contributed by atoms with Crippen LogP contribution in [0.25, 0.3) is 10.6 Å². The van der Waals surface area contributed by atoms with Crippen molar-refractivity contribution < 1.29 is 4.79 Å². The van der Waals surface area contributed by atoms with Crippen molar-refractivity contribution >= 4 is 34.8 Å². The molecular formula is C19H27ClN4OS. The second kappa shape index (κ2) is 9.44. The summed E-state index contributed by atoms with van der Waals surface area (Å²) in [6.07, 6.45) is 2.94. The van der Waals surface area contributed by atoms with E-state index in [1.54, 1.807) is 0 Å². The lowest BCUT2D eigenvalue weighted by Gasteiger charge is -2.27. The van der Waals surface area contributed by atoms with Crippen LogP contribution in [-0.4, -0.2) is 29.2 Å². The summed E-state index contributed by atoms with van der Waals surface area (Å²) >= 11 is 1.43. The van der Waals surface area contributed by atoms with E-state index >= 15 is 0 Å². The Morgan fingerprint density at radius 2 is 2.04 bits per heavy atom. The van der Waals surface area contributed by atoms with Gasteiger partial charge in [0.05, 0.1) is 0 Å². The lowest BCUT2D eigenvalue weighted by Crippen LogP contribution is -2.34. The summed E-state index contributed by atoms with van der Waals surface area (Å²) in [5.74, 6) is 0.987. The minimum atomic E-state index is 0. The first-order valence-electron chi connectivity index (χ1n) is 8.94. The van der Waals surface area contributed by atoms with Crippen LogP contribution >= 0.6 is 23.7 Å². The second-order valence-corrected chi connectivity index (χ2v) is 8.10. The molecule has 1 fully saturated rings. The maximum atomic E-state index is 12.3. The Morgan fingerprint density at radius 3 is 2.69 bits per heavy atom. The van der Waals surface area contributed by atoms with Crippen LogP contribution in [0.5, 0.6) is 0 Å². The van der Waals surface area contributed by atoms with Gasteiger partial charge in [0.1, 0.15) is 5.01 Å². The molecule has 0 saturated carbocycles. The molecule has 2 unspecified atom stereocenters. The van der Waals surface area contributed by atoms with Gasteiger partial charge in [-0.3, -0.25) is 4.79 Å². The zero-order valence-electron chi connectivity index (χ0n) is 15.5. The number of carbonyl (C=O) groups excluding carboxylic acids is 1. The largest absolute Gasteiger partial charge is 0.316 e. The van der Waals surface area contributed by atoms with E-state index in [0.29, 0.717) is 23.4 Å². The average molecular weight is 395 g/mol. The predicted molar refractivity (Wildman–Crippen MR) is 110 cm³/mol. The fourth-order valence-corrected chi connectivity index (χ4v) is 4.23. The molecule has 1 aliphatic rings. The van der Waals surface area contributed by atoms with Crippen molar-refractivity contribution in [2.24, 2.45) is 11.8 Å². The molecule has 1 aromatic carbocycles. The monoisotopic (exact) mass is 394 g/mol. The van der Waals surface area contributed by atoms with E-state index in [0.717, 1.165) is 23.7 Å². The topological polar surface area (TPSA) is 66.9 Å². The number of amides is 1. The zero-order chi connectivity index (χ0) is 17.8. The van der Waals surface area contributed by atoms with Crippen molar-refractivity contribution in [1.82, 2.24) is 15.5 Å². The zero-order valence-corrected chi connectivity index (χ0v) is 17.2. The third-order valence-corrected chi connectivity index (χ3v) is 5.67. The number of rotatable bonds is 5. The number of hydrogen-bond acceptors (Lipinski definition) is 5. The summed E-state index contributed by atoms with van der Waals surface area (Å²) in [4.78, 5) is 12.3. The summed E-state index contributed by atoms with van der Waals surface area (Å²) < 4.78 is 0. The number of halogens is 1. The molecule has 1 aliphatic heterocycles. The van der Waals surface area contributed by atoms with Gasteiger partial charge in [-0.2, -0.15) is 0 Å². The van der Waals surface area contributed by atoms with Gasteiger partial charge in [-0.1, -0.05) is 35.5 Å². The highest BCUT2D eigenvalue weighted by atomic mass is 35.5. The van der Waals surface area contributed by atoms with Crippen LogP contribution in [-0.2, 0) is 4.79 Å². The normalized spacial score (nSPS) is 18.0. The number of hydrogen-bond donors (Lipinski definition) is 2. The molecule has 3 rings (SSSR count). The Hall–Kier alpha value is -1.50. The number of nitrogens with one attached hydrogen (secondary N) is 2. The maximum Gasteiger partial charge on any atom is 0.226 e. The molecular weight excluding hydrogens is 368 g/mol. The molecule has 2 aromatic rings. The summed E-state index contributed by atoms with van der Waals surface area (Å²) in [5, 5.41) is 16.1. The van der Waals surface area contributed by atoms with E-state index in [1.807, 2.05) is 0 Å². The average Bonchev–Trinajstić information content (AvgIpc) is 3.03. The van der Waals surface area contributed by atoms with Gasteiger partial charge in [-0.15, -0.1) is 22.6 Å². The molecule has 142 valence electrons. The molecule has 1 amide bonds. The molecule has 1 saturated heterocycles. The lowest BCUT2D eigenvalue weighted by atomic mass is 9.85. The van der Waals surface area contributed by atoms with Crippen molar-refractivity contribution in [3.8, 4) is 10.6 Å². The van der Waals surface area contributed by atoms with Gasteiger partial charge in [-0.25, -0.2) is 0 Å². The Labute approximate surface area is 165 Å². The molecule has 0 spiro atoms. The highest BCUT2D eigenvalue weighted by Crippen LogP contribution is 2.28. The van der Waals surface area contributed by atoms with Crippen LogP contribution in [0.15, 0.2) is 18.2 Å². The second-order valence-electron chi connectivity index (χ2n) is 7.12. The Kier molecular flexibility index (Phi) is 7.55. The first kappa shape index (κ1) is 20.8. The van der Waals surface area contributed by atoms with E-state index in [-0.39, 0.29) is 18.3 Å². The lowest BCUT2D eigenvalue weighted by molar-refractivity contribution is -0.117. The van der Waals surface area contributed by atoms with Crippen LogP contribution in [0.1, 0.15) is 37.3 Å². The maximum absolute atomic E-state index is 12.3. The third-order valence-electron chi connectivity index (χ3n) is 4.79. The van der Waals surface area contributed by atoms with E-state index in [2.05, 4.69) is 59.8 Å². The molecule has 2 N–H and O–H groups in total. The Morgan fingerprint density at radius 1 is 1.31 bits per heavy atom. The molecule has 2 heterocycles. The predicted octanol–water partition coefficient (Wildman–Crippen LogP) is 4.21. The molecule has 7 heteroatoms. The Balaban J connectivity index is 0.00000243. The van der Waals surface area contributed by atoms with Crippen LogP contribution < -0.4 is 10.6 Å². The minimum Gasteiger partial charge on any atom is -0.316 e. The first-order chi connectivity index (χ1) is 12.0. The van der Waals surface area contributed by atoms with Crippen molar-refractivity contribution in [2.45, 2.75) is 40.0 Å². The number of aryl methyl sites for hydroxylation is 2. The standard InChI is InChI=1S/C19H26N4OS.ClH/c1-12-7-13(2)9-16(8-12)18-22-23-19(25-18)21-17(24)10-14(3)15-5-4-6-20-11-15;/h7-9,14-15,20H,4-6,10-11H2,1-3H3,(H,21,23,24);1H. The third kappa shape index (κ3) is 5.50. The summed E-state index contributed by atoms with van der Waals surface area (Å²) in [5.41, 5.74) is 3.45.